The van der Waals surface area contributed by atoms with Crippen molar-refractivity contribution in [2.45, 2.75) is 30.7 Å². The molecule has 0 fully saturated rings. The average Bonchev–Trinajstić information content (AvgIpc) is 2.95. The number of thioether (sulfide) groups is 1. The molecule has 0 atom stereocenters. The predicted octanol–water partition coefficient (Wildman–Crippen LogP) is 5.55. The second-order valence-electron chi connectivity index (χ2n) is 6.06. The van der Waals surface area contributed by atoms with Crippen molar-refractivity contribution in [1.29, 1.82) is 0 Å². The Bertz CT molecular complexity index is 808. The predicted molar refractivity (Wildman–Crippen MR) is 102 cm³/mol. The van der Waals surface area contributed by atoms with E-state index in [0.29, 0.717) is 5.92 Å². The van der Waals surface area contributed by atoms with E-state index in [2.05, 4.69) is 48.3 Å². The van der Waals surface area contributed by atoms with E-state index in [0.717, 1.165) is 27.3 Å². The molecule has 1 aromatic heterocycles. The highest BCUT2D eigenvalue weighted by Crippen LogP contribution is 2.26. The second kappa shape index (κ2) is 7.41. The Morgan fingerprint density at radius 2 is 1.67 bits per heavy atom. The van der Waals surface area contributed by atoms with Crippen molar-refractivity contribution in [2.24, 2.45) is 7.05 Å². The van der Waals surface area contributed by atoms with Gasteiger partial charge in [0.2, 0.25) is 0 Å². The Balaban J connectivity index is 1.71. The minimum absolute atomic E-state index is 0.562. The minimum Gasteiger partial charge on any atom is -0.305 e. The number of aromatic nitrogens is 3. The topological polar surface area (TPSA) is 30.7 Å². The third-order valence-electron chi connectivity index (χ3n) is 3.95. The van der Waals surface area contributed by atoms with Gasteiger partial charge in [-0.1, -0.05) is 61.5 Å². The molecule has 0 aliphatic rings. The fourth-order valence-electron chi connectivity index (χ4n) is 2.44. The molecule has 3 aromatic rings. The molecule has 3 nitrogen and oxygen atoms in total. The molecular formula is C19H20ClN3S. The molecule has 0 saturated carbocycles. The molecule has 5 heteroatoms. The minimum atomic E-state index is 0.562. The van der Waals surface area contributed by atoms with E-state index < -0.39 is 0 Å². The van der Waals surface area contributed by atoms with Crippen LogP contribution in [-0.2, 0) is 12.8 Å². The molecule has 0 N–H and O–H groups in total. The maximum absolute atomic E-state index is 5.95. The summed E-state index contributed by atoms with van der Waals surface area (Å²) in [5.41, 5.74) is 3.68. The van der Waals surface area contributed by atoms with Crippen LogP contribution in [0.15, 0.2) is 53.7 Å². The number of halogens is 1. The van der Waals surface area contributed by atoms with Gasteiger partial charge in [0.05, 0.1) is 0 Å². The van der Waals surface area contributed by atoms with Crippen molar-refractivity contribution in [3.8, 4) is 11.4 Å². The van der Waals surface area contributed by atoms with E-state index >= 15 is 0 Å². The zero-order valence-corrected chi connectivity index (χ0v) is 15.6. The van der Waals surface area contributed by atoms with Crippen LogP contribution in [-0.4, -0.2) is 14.8 Å². The van der Waals surface area contributed by atoms with Gasteiger partial charge >= 0.3 is 0 Å². The zero-order chi connectivity index (χ0) is 17.1. The number of hydrogen-bond donors (Lipinski definition) is 0. The summed E-state index contributed by atoms with van der Waals surface area (Å²) in [6.07, 6.45) is 0. The second-order valence-corrected chi connectivity index (χ2v) is 7.44. The van der Waals surface area contributed by atoms with Crippen LogP contribution in [0.1, 0.15) is 30.9 Å². The lowest BCUT2D eigenvalue weighted by Crippen LogP contribution is -1.95. The first-order chi connectivity index (χ1) is 11.5. The molecule has 0 spiro atoms. The van der Waals surface area contributed by atoms with Crippen LogP contribution in [0.4, 0.5) is 0 Å². The lowest BCUT2D eigenvalue weighted by Gasteiger charge is -2.07. The van der Waals surface area contributed by atoms with Crippen LogP contribution < -0.4 is 0 Å². The first-order valence-electron chi connectivity index (χ1n) is 7.91. The summed E-state index contributed by atoms with van der Waals surface area (Å²) in [6.45, 7) is 4.42. The Labute approximate surface area is 152 Å². The molecule has 124 valence electrons. The van der Waals surface area contributed by atoms with Crippen LogP contribution in [0.2, 0.25) is 5.02 Å². The summed E-state index contributed by atoms with van der Waals surface area (Å²) in [6, 6.07) is 16.5. The van der Waals surface area contributed by atoms with E-state index in [4.69, 9.17) is 11.6 Å². The number of nitrogens with zero attached hydrogens (tertiary/aromatic N) is 3. The van der Waals surface area contributed by atoms with E-state index in [1.807, 2.05) is 35.9 Å². The van der Waals surface area contributed by atoms with E-state index in [9.17, 15) is 0 Å². The lowest BCUT2D eigenvalue weighted by molar-refractivity contribution is 0.794. The molecule has 1 heterocycles. The molecule has 24 heavy (non-hydrogen) atoms. The quantitative estimate of drug-likeness (QED) is 0.561. The number of hydrogen-bond acceptors (Lipinski definition) is 3. The highest BCUT2D eigenvalue weighted by molar-refractivity contribution is 7.98. The first-order valence-corrected chi connectivity index (χ1v) is 9.28. The molecular weight excluding hydrogens is 338 g/mol. The van der Waals surface area contributed by atoms with Crippen LogP contribution in [0.25, 0.3) is 11.4 Å². The first kappa shape index (κ1) is 17.1. The van der Waals surface area contributed by atoms with Gasteiger partial charge in [-0.2, -0.15) is 0 Å². The third-order valence-corrected chi connectivity index (χ3v) is 5.30. The molecule has 0 unspecified atom stereocenters. The monoisotopic (exact) mass is 357 g/mol. The smallest absolute Gasteiger partial charge is 0.191 e. The molecule has 0 aliphatic carbocycles. The Kier molecular flexibility index (Phi) is 5.27. The highest BCUT2D eigenvalue weighted by atomic mass is 35.5. The normalized spacial score (nSPS) is 11.2. The standard InChI is InChI=1S/C19H20ClN3S/c1-13(2)15-6-4-14(5-7-15)12-24-19-22-21-18(23(19)3)16-8-10-17(20)11-9-16/h4-11,13H,12H2,1-3H3. The summed E-state index contributed by atoms with van der Waals surface area (Å²) < 4.78 is 2.02. The van der Waals surface area contributed by atoms with Gasteiger partial charge in [-0.25, -0.2) is 0 Å². The van der Waals surface area contributed by atoms with Crippen molar-refractivity contribution in [2.75, 3.05) is 0 Å². The van der Waals surface area contributed by atoms with Gasteiger partial charge in [-0.3, -0.25) is 0 Å². The lowest BCUT2D eigenvalue weighted by atomic mass is 10.0. The Hall–Kier alpha value is -1.78. The van der Waals surface area contributed by atoms with Crippen LogP contribution in [0, 0.1) is 0 Å². The van der Waals surface area contributed by atoms with Crippen molar-refractivity contribution >= 4 is 23.4 Å². The third kappa shape index (κ3) is 3.82. The molecule has 0 aliphatic heterocycles. The fraction of sp³-hybridized carbons (Fsp3) is 0.263. The highest BCUT2D eigenvalue weighted by Gasteiger charge is 2.11. The molecule has 0 saturated heterocycles. The van der Waals surface area contributed by atoms with Gasteiger partial charge in [0, 0.05) is 23.4 Å². The van der Waals surface area contributed by atoms with Crippen molar-refractivity contribution in [1.82, 2.24) is 14.8 Å². The summed E-state index contributed by atoms with van der Waals surface area (Å²) in [7, 11) is 1.99. The van der Waals surface area contributed by atoms with E-state index in [1.165, 1.54) is 11.1 Å². The molecule has 2 aromatic carbocycles. The largest absolute Gasteiger partial charge is 0.305 e. The van der Waals surface area contributed by atoms with E-state index in [1.54, 1.807) is 11.8 Å². The van der Waals surface area contributed by atoms with Gasteiger partial charge < -0.3 is 4.57 Å². The summed E-state index contributed by atoms with van der Waals surface area (Å²) in [5.74, 6) is 2.29. The maximum Gasteiger partial charge on any atom is 0.191 e. The van der Waals surface area contributed by atoms with E-state index in [-0.39, 0.29) is 0 Å². The van der Waals surface area contributed by atoms with Gasteiger partial charge in [-0.15, -0.1) is 10.2 Å². The fourth-order valence-corrected chi connectivity index (χ4v) is 3.43. The molecule has 0 radical (unpaired) electrons. The number of benzene rings is 2. The van der Waals surface area contributed by atoms with Gasteiger partial charge in [0.25, 0.3) is 0 Å². The maximum atomic E-state index is 5.95. The van der Waals surface area contributed by atoms with Crippen molar-refractivity contribution < 1.29 is 0 Å². The molecule has 0 amide bonds. The SMILES string of the molecule is CC(C)c1ccc(CSc2nnc(-c3ccc(Cl)cc3)n2C)cc1. The average molecular weight is 358 g/mol. The van der Waals surface area contributed by atoms with Gasteiger partial charge in [0.1, 0.15) is 0 Å². The van der Waals surface area contributed by atoms with Gasteiger partial charge in [-0.05, 0) is 41.3 Å². The summed E-state index contributed by atoms with van der Waals surface area (Å²) in [5, 5.41) is 10.3. The van der Waals surface area contributed by atoms with Crippen LogP contribution >= 0.6 is 23.4 Å². The Morgan fingerprint density at radius 1 is 1.00 bits per heavy atom. The molecule has 0 bridgehead atoms. The summed E-state index contributed by atoms with van der Waals surface area (Å²) in [4.78, 5) is 0. The number of rotatable bonds is 5. The zero-order valence-electron chi connectivity index (χ0n) is 14.0. The van der Waals surface area contributed by atoms with Crippen molar-refractivity contribution in [3.05, 3.63) is 64.7 Å². The van der Waals surface area contributed by atoms with Gasteiger partial charge in [0.15, 0.2) is 11.0 Å². The van der Waals surface area contributed by atoms with Crippen LogP contribution in [0.3, 0.4) is 0 Å². The molecule has 3 rings (SSSR count). The van der Waals surface area contributed by atoms with Crippen molar-refractivity contribution in [3.63, 3.8) is 0 Å². The Morgan fingerprint density at radius 3 is 2.29 bits per heavy atom. The summed E-state index contributed by atoms with van der Waals surface area (Å²) >= 11 is 7.64. The van der Waals surface area contributed by atoms with Crippen LogP contribution in [0.5, 0.6) is 0 Å².